The number of rotatable bonds is 9. The second kappa shape index (κ2) is 12.0. The summed E-state index contributed by atoms with van der Waals surface area (Å²) >= 11 is 1.82. The van der Waals surface area contributed by atoms with Gasteiger partial charge in [0.1, 0.15) is 0 Å². The standard InChI is InChI=1S/C25H34N2OS/c1-21-12-14-24(15-13-21)29-18-8-11-25(28)26-19-22-9-4-5-10-23(22)20-27-16-6-2-3-7-17-27/h4-5,9-10,12-15H,2-3,6-8,11,16-20H2,1H3,(H,26,28). The normalized spacial score (nSPS) is 15.1. The van der Waals surface area contributed by atoms with Crippen LogP contribution in [0.5, 0.6) is 0 Å². The third kappa shape index (κ3) is 7.87. The molecule has 2 aromatic rings. The van der Waals surface area contributed by atoms with Gasteiger partial charge in [0.2, 0.25) is 5.91 Å². The summed E-state index contributed by atoms with van der Waals surface area (Å²) in [4.78, 5) is 16.1. The van der Waals surface area contributed by atoms with Crippen molar-refractivity contribution in [3.63, 3.8) is 0 Å². The number of likely N-dealkylation sites (tertiary alicyclic amines) is 1. The molecule has 4 heteroatoms. The fraction of sp³-hybridized carbons (Fsp3) is 0.480. The Morgan fingerprint density at radius 2 is 1.66 bits per heavy atom. The topological polar surface area (TPSA) is 32.3 Å². The molecular weight excluding hydrogens is 376 g/mol. The SMILES string of the molecule is Cc1ccc(SCCCC(=O)NCc2ccccc2CN2CCCCCC2)cc1. The zero-order valence-corrected chi connectivity index (χ0v) is 18.5. The minimum Gasteiger partial charge on any atom is -0.352 e. The molecule has 1 N–H and O–H groups in total. The molecule has 2 aromatic carbocycles. The minimum atomic E-state index is 0.152. The smallest absolute Gasteiger partial charge is 0.220 e. The van der Waals surface area contributed by atoms with Gasteiger partial charge in [-0.2, -0.15) is 0 Å². The molecule has 1 amide bonds. The largest absolute Gasteiger partial charge is 0.352 e. The zero-order valence-electron chi connectivity index (χ0n) is 17.7. The van der Waals surface area contributed by atoms with Gasteiger partial charge >= 0.3 is 0 Å². The molecule has 0 atom stereocenters. The molecular formula is C25H34N2OS. The van der Waals surface area contributed by atoms with Crippen molar-refractivity contribution in [2.24, 2.45) is 0 Å². The van der Waals surface area contributed by atoms with Crippen LogP contribution in [-0.4, -0.2) is 29.6 Å². The van der Waals surface area contributed by atoms with Gasteiger partial charge in [0, 0.05) is 24.4 Å². The Morgan fingerprint density at radius 3 is 2.38 bits per heavy atom. The van der Waals surface area contributed by atoms with Crippen LogP contribution in [0.4, 0.5) is 0 Å². The molecule has 0 saturated carbocycles. The summed E-state index contributed by atoms with van der Waals surface area (Å²) in [6.07, 6.45) is 6.82. The number of hydrogen-bond acceptors (Lipinski definition) is 3. The fourth-order valence-corrected chi connectivity index (χ4v) is 4.61. The van der Waals surface area contributed by atoms with Gasteiger partial charge in [-0.1, -0.05) is 54.8 Å². The van der Waals surface area contributed by atoms with Gasteiger partial charge in [0.15, 0.2) is 0 Å². The molecule has 29 heavy (non-hydrogen) atoms. The summed E-state index contributed by atoms with van der Waals surface area (Å²) in [6.45, 7) is 6.12. The Bertz CT molecular complexity index is 752. The highest BCUT2D eigenvalue weighted by molar-refractivity contribution is 7.99. The third-order valence-electron chi connectivity index (χ3n) is 5.52. The van der Waals surface area contributed by atoms with E-state index in [4.69, 9.17) is 0 Å². The van der Waals surface area contributed by atoms with Crippen molar-refractivity contribution in [3.8, 4) is 0 Å². The number of nitrogens with one attached hydrogen (secondary N) is 1. The molecule has 0 unspecified atom stereocenters. The maximum Gasteiger partial charge on any atom is 0.220 e. The van der Waals surface area contributed by atoms with Gasteiger partial charge in [-0.15, -0.1) is 11.8 Å². The monoisotopic (exact) mass is 410 g/mol. The number of carbonyl (C=O) groups excluding carboxylic acids is 1. The molecule has 1 aliphatic heterocycles. The molecule has 3 nitrogen and oxygen atoms in total. The van der Waals surface area contributed by atoms with E-state index >= 15 is 0 Å². The van der Waals surface area contributed by atoms with Gasteiger partial charge in [-0.25, -0.2) is 0 Å². The van der Waals surface area contributed by atoms with E-state index in [0.29, 0.717) is 13.0 Å². The van der Waals surface area contributed by atoms with E-state index in [2.05, 4.69) is 65.7 Å². The molecule has 1 saturated heterocycles. The van der Waals surface area contributed by atoms with Crippen molar-refractivity contribution in [1.82, 2.24) is 10.2 Å². The van der Waals surface area contributed by atoms with E-state index in [1.54, 1.807) is 0 Å². The van der Waals surface area contributed by atoms with Crippen molar-refractivity contribution in [2.45, 2.75) is 63.4 Å². The van der Waals surface area contributed by atoms with Crippen LogP contribution in [-0.2, 0) is 17.9 Å². The van der Waals surface area contributed by atoms with E-state index in [-0.39, 0.29) is 5.91 Å². The number of thioether (sulfide) groups is 1. The van der Waals surface area contributed by atoms with Crippen molar-refractivity contribution in [2.75, 3.05) is 18.8 Å². The average molecular weight is 411 g/mol. The molecule has 0 aromatic heterocycles. The number of carbonyl (C=O) groups is 1. The molecule has 0 aliphatic carbocycles. The van der Waals surface area contributed by atoms with Crippen molar-refractivity contribution >= 4 is 17.7 Å². The number of hydrogen-bond donors (Lipinski definition) is 1. The maximum atomic E-state index is 12.3. The van der Waals surface area contributed by atoms with E-state index in [0.717, 1.165) is 18.7 Å². The lowest BCUT2D eigenvalue weighted by Crippen LogP contribution is -2.26. The van der Waals surface area contributed by atoms with Crippen LogP contribution in [0.25, 0.3) is 0 Å². The Kier molecular flexibility index (Phi) is 9.10. The molecule has 0 bridgehead atoms. The van der Waals surface area contributed by atoms with Crippen LogP contribution < -0.4 is 5.32 Å². The fourth-order valence-electron chi connectivity index (χ4n) is 3.76. The maximum absolute atomic E-state index is 12.3. The second-order valence-electron chi connectivity index (χ2n) is 8.00. The van der Waals surface area contributed by atoms with Gasteiger partial charge in [0.05, 0.1) is 0 Å². The summed E-state index contributed by atoms with van der Waals surface area (Å²) in [7, 11) is 0. The summed E-state index contributed by atoms with van der Waals surface area (Å²) in [5.41, 5.74) is 3.88. The molecule has 156 valence electrons. The van der Waals surface area contributed by atoms with Crippen molar-refractivity contribution < 1.29 is 4.79 Å². The van der Waals surface area contributed by atoms with Gasteiger partial charge < -0.3 is 5.32 Å². The number of nitrogens with zero attached hydrogens (tertiary/aromatic N) is 1. The highest BCUT2D eigenvalue weighted by Gasteiger charge is 2.12. The summed E-state index contributed by atoms with van der Waals surface area (Å²) in [5.74, 6) is 1.13. The Balaban J connectivity index is 1.39. The summed E-state index contributed by atoms with van der Waals surface area (Å²) < 4.78 is 0. The van der Waals surface area contributed by atoms with Crippen LogP contribution in [0.1, 0.15) is 55.2 Å². The molecule has 3 rings (SSSR count). The number of aryl methyl sites for hydroxylation is 1. The quantitative estimate of drug-likeness (QED) is 0.434. The van der Waals surface area contributed by atoms with Gasteiger partial charge in [0.25, 0.3) is 0 Å². The Hall–Kier alpha value is -1.78. The van der Waals surface area contributed by atoms with E-state index < -0.39 is 0 Å². The second-order valence-corrected chi connectivity index (χ2v) is 9.17. The van der Waals surface area contributed by atoms with Crippen LogP contribution >= 0.6 is 11.8 Å². The lowest BCUT2D eigenvalue weighted by atomic mass is 10.1. The Labute approximate surface area is 180 Å². The first-order chi connectivity index (χ1) is 14.2. The van der Waals surface area contributed by atoms with Gasteiger partial charge in [-0.3, -0.25) is 9.69 Å². The van der Waals surface area contributed by atoms with Crippen LogP contribution in [0, 0.1) is 6.92 Å². The van der Waals surface area contributed by atoms with Crippen LogP contribution in [0.2, 0.25) is 0 Å². The highest BCUT2D eigenvalue weighted by atomic mass is 32.2. The molecule has 1 aliphatic rings. The van der Waals surface area contributed by atoms with Crippen LogP contribution in [0.15, 0.2) is 53.4 Å². The first-order valence-corrected chi connectivity index (χ1v) is 11.9. The first kappa shape index (κ1) is 21.9. The minimum absolute atomic E-state index is 0.152. The molecule has 1 heterocycles. The zero-order chi connectivity index (χ0) is 20.3. The van der Waals surface area contributed by atoms with Crippen molar-refractivity contribution in [1.29, 1.82) is 0 Å². The molecule has 1 fully saturated rings. The summed E-state index contributed by atoms with van der Waals surface area (Å²) in [6, 6.07) is 17.1. The highest BCUT2D eigenvalue weighted by Crippen LogP contribution is 2.20. The third-order valence-corrected chi connectivity index (χ3v) is 6.62. The predicted molar refractivity (Wildman–Crippen MR) is 123 cm³/mol. The number of benzene rings is 2. The predicted octanol–water partition coefficient (Wildman–Crippen LogP) is 5.56. The van der Waals surface area contributed by atoms with Crippen molar-refractivity contribution in [3.05, 3.63) is 65.2 Å². The molecule has 0 radical (unpaired) electrons. The van der Waals surface area contributed by atoms with E-state index in [9.17, 15) is 4.79 Å². The van der Waals surface area contributed by atoms with E-state index in [1.165, 1.54) is 60.4 Å². The average Bonchev–Trinajstić information content (AvgIpc) is 3.00. The van der Waals surface area contributed by atoms with Gasteiger partial charge in [-0.05, 0) is 68.3 Å². The number of amides is 1. The van der Waals surface area contributed by atoms with Crippen LogP contribution in [0.3, 0.4) is 0 Å². The molecule has 0 spiro atoms. The summed E-state index contributed by atoms with van der Waals surface area (Å²) in [5, 5.41) is 3.13. The lowest BCUT2D eigenvalue weighted by molar-refractivity contribution is -0.121. The first-order valence-electron chi connectivity index (χ1n) is 11.0. The lowest BCUT2D eigenvalue weighted by Gasteiger charge is -2.21. The Morgan fingerprint density at radius 1 is 0.966 bits per heavy atom. The van der Waals surface area contributed by atoms with E-state index in [1.807, 2.05) is 11.8 Å².